The summed E-state index contributed by atoms with van der Waals surface area (Å²) in [7, 11) is 0. The van der Waals surface area contributed by atoms with Crippen LogP contribution in [0, 0.1) is 5.82 Å². The van der Waals surface area contributed by atoms with Crippen molar-refractivity contribution in [2.24, 2.45) is 0 Å². The molecule has 0 N–H and O–H groups in total. The van der Waals surface area contributed by atoms with Gasteiger partial charge in [-0.1, -0.05) is 49.7 Å². The standard InChI is InChI=1S/C20H17ClFN3O/c1-12(2)19-23-24-20(26-19)18-10-13-6-3-4-9-17(13)25(18)11-14-15(21)7-5-8-16(14)22/h3-10,12H,11H2,1-2H3. The summed E-state index contributed by atoms with van der Waals surface area (Å²) in [5, 5.41) is 9.71. The Labute approximate surface area is 155 Å². The lowest BCUT2D eigenvalue weighted by atomic mass is 10.2. The fraction of sp³-hybridized carbons (Fsp3) is 0.200. The normalized spacial score (nSPS) is 11.6. The van der Waals surface area contributed by atoms with Crippen LogP contribution in [0.15, 0.2) is 52.9 Å². The lowest BCUT2D eigenvalue weighted by Gasteiger charge is -2.11. The Bertz CT molecular complexity index is 1060. The lowest BCUT2D eigenvalue weighted by molar-refractivity contribution is 0.478. The predicted octanol–water partition coefficient (Wildman–Crippen LogP) is 5.66. The second-order valence-electron chi connectivity index (χ2n) is 6.47. The van der Waals surface area contributed by atoms with E-state index in [4.69, 9.17) is 16.0 Å². The topological polar surface area (TPSA) is 43.9 Å². The molecule has 2 aromatic heterocycles. The highest BCUT2D eigenvalue weighted by molar-refractivity contribution is 6.31. The highest BCUT2D eigenvalue weighted by atomic mass is 35.5. The van der Waals surface area contributed by atoms with E-state index in [1.807, 2.05) is 48.7 Å². The van der Waals surface area contributed by atoms with Crippen molar-refractivity contribution in [2.75, 3.05) is 0 Å². The zero-order chi connectivity index (χ0) is 18.3. The summed E-state index contributed by atoms with van der Waals surface area (Å²) in [5.74, 6) is 0.780. The monoisotopic (exact) mass is 369 g/mol. The summed E-state index contributed by atoms with van der Waals surface area (Å²) in [5.41, 5.74) is 2.12. The average Bonchev–Trinajstić information content (AvgIpc) is 3.23. The maximum Gasteiger partial charge on any atom is 0.264 e. The Balaban J connectivity index is 1.89. The summed E-state index contributed by atoms with van der Waals surface area (Å²) < 4.78 is 22.1. The van der Waals surface area contributed by atoms with Gasteiger partial charge in [0.15, 0.2) is 0 Å². The van der Waals surface area contributed by atoms with E-state index in [-0.39, 0.29) is 18.3 Å². The Morgan fingerprint density at radius 2 is 1.92 bits per heavy atom. The molecule has 26 heavy (non-hydrogen) atoms. The minimum atomic E-state index is -0.338. The molecule has 6 heteroatoms. The van der Waals surface area contributed by atoms with E-state index in [1.165, 1.54) is 6.07 Å². The van der Waals surface area contributed by atoms with E-state index in [1.54, 1.807) is 12.1 Å². The SMILES string of the molecule is CC(C)c1nnc(-c2cc3ccccc3n2Cc2c(F)cccc2Cl)o1. The number of benzene rings is 2. The quantitative estimate of drug-likeness (QED) is 0.466. The fourth-order valence-corrected chi connectivity index (χ4v) is 3.19. The van der Waals surface area contributed by atoms with Crippen LogP contribution in [0.5, 0.6) is 0 Å². The molecule has 0 radical (unpaired) electrons. The van der Waals surface area contributed by atoms with Crippen LogP contribution in [0.2, 0.25) is 5.02 Å². The van der Waals surface area contributed by atoms with Crippen molar-refractivity contribution in [1.29, 1.82) is 0 Å². The fourth-order valence-electron chi connectivity index (χ4n) is 2.97. The number of hydrogen-bond donors (Lipinski definition) is 0. The number of rotatable bonds is 4. The Kier molecular flexibility index (Phi) is 4.24. The van der Waals surface area contributed by atoms with Crippen LogP contribution in [0.25, 0.3) is 22.5 Å². The van der Waals surface area contributed by atoms with Gasteiger partial charge in [-0.15, -0.1) is 10.2 Å². The van der Waals surface area contributed by atoms with Gasteiger partial charge in [-0.25, -0.2) is 4.39 Å². The molecule has 0 aliphatic rings. The first-order valence-corrected chi connectivity index (χ1v) is 8.77. The minimum Gasteiger partial charge on any atom is -0.419 e. The molecule has 0 spiro atoms. The first kappa shape index (κ1) is 16.8. The summed E-state index contributed by atoms with van der Waals surface area (Å²) in [6.07, 6.45) is 0. The van der Waals surface area contributed by atoms with Gasteiger partial charge in [0.1, 0.15) is 11.5 Å². The molecule has 0 amide bonds. The molecule has 4 aromatic rings. The molecule has 0 fully saturated rings. The summed E-state index contributed by atoms with van der Waals surface area (Å²) in [4.78, 5) is 0. The van der Waals surface area contributed by atoms with Crippen LogP contribution in [0.4, 0.5) is 4.39 Å². The van der Waals surface area contributed by atoms with E-state index in [0.29, 0.717) is 22.4 Å². The molecule has 2 aromatic carbocycles. The average molecular weight is 370 g/mol. The molecule has 4 rings (SSSR count). The number of hydrogen-bond acceptors (Lipinski definition) is 3. The van der Waals surface area contributed by atoms with Crippen molar-refractivity contribution in [2.45, 2.75) is 26.3 Å². The Morgan fingerprint density at radius 3 is 2.65 bits per heavy atom. The highest BCUT2D eigenvalue weighted by Gasteiger charge is 2.19. The van der Waals surface area contributed by atoms with Crippen LogP contribution in [-0.2, 0) is 6.54 Å². The van der Waals surface area contributed by atoms with Crippen molar-refractivity contribution < 1.29 is 8.81 Å². The summed E-state index contributed by atoms with van der Waals surface area (Å²) in [6.45, 7) is 4.26. The first-order valence-electron chi connectivity index (χ1n) is 8.39. The van der Waals surface area contributed by atoms with E-state index in [0.717, 1.165) is 16.6 Å². The lowest BCUT2D eigenvalue weighted by Crippen LogP contribution is -2.04. The molecule has 0 bridgehead atoms. The van der Waals surface area contributed by atoms with Gasteiger partial charge in [0.2, 0.25) is 5.89 Å². The second kappa shape index (κ2) is 6.57. The molecule has 0 aliphatic carbocycles. The van der Waals surface area contributed by atoms with Crippen molar-refractivity contribution in [1.82, 2.24) is 14.8 Å². The van der Waals surface area contributed by atoms with Crippen LogP contribution in [0.1, 0.15) is 31.2 Å². The maximum absolute atomic E-state index is 14.3. The van der Waals surface area contributed by atoms with Crippen molar-refractivity contribution in [3.8, 4) is 11.6 Å². The predicted molar refractivity (Wildman–Crippen MR) is 99.8 cm³/mol. The Morgan fingerprint density at radius 1 is 1.12 bits per heavy atom. The molecule has 0 aliphatic heterocycles. The molecule has 4 nitrogen and oxygen atoms in total. The molecular formula is C20H17ClFN3O. The van der Waals surface area contributed by atoms with Gasteiger partial charge in [-0.2, -0.15) is 0 Å². The summed E-state index contributed by atoms with van der Waals surface area (Å²) in [6, 6.07) is 14.6. The third kappa shape index (κ3) is 2.88. The maximum atomic E-state index is 14.3. The van der Waals surface area contributed by atoms with Crippen LogP contribution in [0.3, 0.4) is 0 Å². The molecular weight excluding hydrogens is 353 g/mol. The smallest absolute Gasteiger partial charge is 0.264 e. The van der Waals surface area contributed by atoms with E-state index >= 15 is 0 Å². The third-order valence-electron chi connectivity index (χ3n) is 4.34. The first-order chi connectivity index (χ1) is 12.5. The number of aromatic nitrogens is 3. The molecule has 0 atom stereocenters. The largest absolute Gasteiger partial charge is 0.419 e. The van der Waals surface area contributed by atoms with E-state index < -0.39 is 0 Å². The van der Waals surface area contributed by atoms with Gasteiger partial charge < -0.3 is 8.98 Å². The molecule has 0 saturated heterocycles. The van der Waals surface area contributed by atoms with Gasteiger partial charge in [0.25, 0.3) is 5.89 Å². The van der Waals surface area contributed by atoms with Crippen molar-refractivity contribution >= 4 is 22.5 Å². The van der Waals surface area contributed by atoms with Gasteiger partial charge in [0, 0.05) is 27.4 Å². The molecule has 0 saturated carbocycles. The van der Waals surface area contributed by atoms with Crippen LogP contribution < -0.4 is 0 Å². The third-order valence-corrected chi connectivity index (χ3v) is 4.70. The number of fused-ring (bicyclic) bond motifs is 1. The highest BCUT2D eigenvalue weighted by Crippen LogP contribution is 2.31. The van der Waals surface area contributed by atoms with Gasteiger partial charge >= 0.3 is 0 Å². The van der Waals surface area contributed by atoms with Gasteiger partial charge in [-0.3, -0.25) is 0 Å². The zero-order valence-electron chi connectivity index (χ0n) is 14.4. The molecule has 0 unspecified atom stereocenters. The van der Waals surface area contributed by atoms with Crippen molar-refractivity contribution in [3.63, 3.8) is 0 Å². The molecule has 2 heterocycles. The minimum absolute atomic E-state index is 0.134. The number of halogens is 2. The Hall–Kier alpha value is -2.66. The van der Waals surface area contributed by atoms with Crippen LogP contribution in [-0.4, -0.2) is 14.8 Å². The van der Waals surface area contributed by atoms with Crippen molar-refractivity contribution in [3.05, 3.63) is 70.8 Å². The van der Waals surface area contributed by atoms with Gasteiger partial charge in [-0.05, 0) is 24.3 Å². The number of para-hydroxylation sites is 1. The molecule has 132 valence electrons. The number of nitrogens with zero attached hydrogens (tertiary/aromatic N) is 3. The van der Waals surface area contributed by atoms with E-state index in [9.17, 15) is 4.39 Å². The van der Waals surface area contributed by atoms with E-state index in [2.05, 4.69) is 10.2 Å². The zero-order valence-corrected chi connectivity index (χ0v) is 15.2. The summed E-state index contributed by atoms with van der Waals surface area (Å²) >= 11 is 6.24. The van der Waals surface area contributed by atoms with Crippen LogP contribution >= 0.6 is 11.6 Å². The second-order valence-corrected chi connectivity index (χ2v) is 6.88. The van der Waals surface area contributed by atoms with Gasteiger partial charge in [0.05, 0.1) is 6.54 Å².